The Morgan fingerprint density at radius 1 is 0.889 bits per heavy atom. The van der Waals surface area contributed by atoms with E-state index in [1.165, 1.54) is 16.7 Å². The van der Waals surface area contributed by atoms with Gasteiger partial charge in [0.2, 0.25) is 0 Å². The van der Waals surface area contributed by atoms with Gasteiger partial charge in [0.1, 0.15) is 11.6 Å². The fourth-order valence-corrected chi connectivity index (χ4v) is 3.64. The van der Waals surface area contributed by atoms with Crippen LogP contribution in [0.4, 0.5) is 0 Å². The van der Waals surface area contributed by atoms with Crippen molar-refractivity contribution < 1.29 is 5.11 Å². The lowest BCUT2D eigenvalue weighted by atomic mass is 9.99. The number of benzene rings is 2. The van der Waals surface area contributed by atoms with Crippen molar-refractivity contribution in [2.45, 2.75) is 20.8 Å². The molecule has 0 unspecified atom stereocenters. The van der Waals surface area contributed by atoms with Crippen molar-refractivity contribution in [1.29, 1.82) is 0 Å². The van der Waals surface area contributed by atoms with Gasteiger partial charge in [0.05, 0.1) is 11.4 Å². The third-order valence-electron chi connectivity index (χ3n) is 4.74. The number of aromatic nitrogens is 3. The predicted molar refractivity (Wildman–Crippen MR) is 109 cm³/mol. The van der Waals surface area contributed by atoms with Gasteiger partial charge in [0.25, 0.3) is 0 Å². The molecular weight excluding hydrogens is 334 g/mol. The summed E-state index contributed by atoms with van der Waals surface area (Å²) in [5, 5.41) is 10.4. The Bertz CT molecular complexity index is 1090. The van der Waals surface area contributed by atoms with Gasteiger partial charge in [0, 0.05) is 29.1 Å². The number of rotatable bonds is 3. The Morgan fingerprint density at radius 3 is 2.22 bits per heavy atom. The second-order valence-corrected chi connectivity index (χ2v) is 6.84. The largest absolute Gasteiger partial charge is 0.507 e. The van der Waals surface area contributed by atoms with Crippen LogP contribution in [-0.4, -0.2) is 20.1 Å². The maximum atomic E-state index is 10.4. The average molecular weight is 355 g/mol. The standard InChI is InChI=1S/C23H21N3O/c1-14-12-15(2)20(16(3)13-14)23-25-21(17-8-10-24-11-9-17)22(26-23)18-6-4-5-7-19(18)27/h4-13,27H,1-3H3,(H,25,26). The molecule has 27 heavy (non-hydrogen) atoms. The van der Waals surface area contributed by atoms with Crippen LogP contribution in [0, 0.1) is 20.8 Å². The lowest BCUT2D eigenvalue weighted by Gasteiger charge is -2.08. The highest BCUT2D eigenvalue weighted by Gasteiger charge is 2.19. The second-order valence-electron chi connectivity index (χ2n) is 6.84. The highest BCUT2D eigenvalue weighted by molar-refractivity contribution is 5.84. The number of hydrogen-bond acceptors (Lipinski definition) is 3. The van der Waals surface area contributed by atoms with Crippen molar-refractivity contribution in [1.82, 2.24) is 15.0 Å². The summed E-state index contributed by atoms with van der Waals surface area (Å²) in [4.78, 5) is 12.5. The van der Waals surface area contributed by atoms with Crippen molar-refractivity contribution in [3.05, 3.63) is 77.6 Å². The van der Waals surface area contributed by atoms with Gasteiger partial charge in [-0.05, 0) is 56.2 Å². The number of pyridine rings is 1. The number of nitrogens with one attached hydrogen (secondary N) is 1. The van der Waals surface area contributed by atoms with Crippen molar-refractivity contribution in [3.63, 3.8) is 0 Å². The van der Waals surface area contributed by atoms with E-state index in [4.69, 9.17) is 4.98 Å². The molecule has 134 valence electrons. The number of phenolic OH excluding ortho intramolecular Hbond substituents is 1. The summed E-state index contributed by atoms with van der Waals surface area (Å²) < 4.78 is 0. The van der Waals surface area contributed by atoms with Crippen LogP contribution in [0.3, 0.4) is 0 Å². The molecule has 4 nitrogen and oxygen atoms in total. The van der Waals surface area contributed by atoms with Crippen LogP contribution in [-0.2, 0) is 0 Å². The normalized spacial score (nSPS) is 10.9. The molecule has 0 fully saturated rings. The molecule has 0 aliphatic heterocycles. The zero-order valence-corrected chi connectivity index (χ0v) is 15.6. The number of aromatic amines is 1. The summed E-state index contributed by atoms with van der Waals surface area (Å²) in [5.41, 5.74) is 7.95. The van der Waals surface area contributed by atoms with Gasteiger partial charge in [-0.1, -0.05) is 29.8 Å². The molecule has 2 aromatic carbocycles. The van der Waals surface area contributed by atoms with Crippen LogP contribution in [0.15, 0.2) is 60.9 Å². The molecule has 0 aliphatic rings. The van der Waals surface area contributed by atoms with Crippen molar-refractivity contribution in [3.8, 4) is 39.7 Å². The van der Waals surface area contributed by atoms with Gasteiger partial charge in [-0.2, -0.15) is 0 Å². The number of H-pyrrole nitrogens is 1. The van der Waals surface area contributed by atoms with Gasteiger partial charge < -0.3 is 10.1 Å². The van der Waals surface area contributed by atoms with Crippen LogP contribution in [0.5, 0.6) is 5.75 Å². The molecule has 0 saturated carbocycles. The van der Waals surface area contributed by atoms with E-state index in [1.54, 1.807) is 18.5 Å². The lowest BCUT2D eigenvalue weighted by molar-refractivity contribution is 0.477. The Morgan fingerprint density at radius 2 is 1.56 bits per heavy atom. The van der Waals surface area contributed by atoms with Crippen molar-refractivity contribution in [2.24, 2.45) is 0 Å². The van der Waals surface area contributed by atoms with Gasteiger partial charge in [-0.3, -0.25) is 4.98 Å². The average Bonchev–Trinajstić information content (AvgIpc) is 3.06. The first-order valence-corrected chi connectivity index (χ1v) is 8.91. The minimum Gasteiger partial charge on any atom is -0.507 e. The second kappa shape index (κ2) is 6.72. The molecule has 0 saturated heterocycles. The third-order valence-corrected chi connectivity index (χ3v) is 4.74. The first kappa shape index (κ1) is 17.0. The van der Waals surface area contributed by atoms with E-state index in [0.717, 1.165) is 33.9 Å². The molecule has 2 aromatic heterocycles. The van der Waals surface area contributed by atoms with Gasteiger partial charge >= 0.3 is 0 Å². The summed E-state index contributed by atoms with van der Waals surface area (Å²) in [6.45, 7) is 6.30. The Hall–Kier alpha value is -3.40. The smallest absolute Gasteiger partial charge is 0.139 e. The molecule has 4 aromatic rings. The molecule has 2 N–H and O–H groups in total. The molecule has 0 bridgehead atoms. The molecule has 0 radical (unpaired) electrons. The zero-order valence-electron chi connectivity index (χ0n) is 15.6. The molecule has 2 heterocycles. The lowest BCUT2D eigenvalue weighted by Crippen LogP contribution is -1.92. The summed E-state index contributed by atoms with van der Waals surface area (Å²) in [6, 6.07) is 15.5. The van der Waals surface area contributed by atoms with Crippen LogP contribution >= 0.6 is 0 Å². The summed E-state index contributed by atoms with van der Waals surface area (Å²) in [6.07, 6.45) is 3.50. The number of phenols is 1. The summed E-state index contributed by atoms with van der Waals surface area (Å²) in [7, 11) is 0. The van der Waals surface area contributed by atoms with Crippen LogP contribution < -0.4 is 0 Å². The minimum atomic E-state index is 0.223. The number of aromatic hydroxyl groups is 1. The predicted octanol–water partition coefficient (Wildman–Crippen LogP) is 5.44. The quantitative estimate of drug-likeness (QED) is 0.514. The maximum Gasteiger partial charge on any atom is 0.139 e. The van der Waals surface area contributed by atoms with E-state index in [1.807, 2.05) is 30.3 Å². The summed E-state index contributed by atoms with van der Waals surface area (Å²) in [5.74, 6) is 1.02. The van der Waals surface area contributed by atoms with E-state index in [-0.39, 0.29) is 5.75 Å². The Balaban J connectivity index is 1.98. The molecule has 0 atom stereocenters. The fraction of sp³-hybridized carbons (Fsp3) is 0.130. The molecule has 0 amide bonds. The molecule has 0 aliphatic carbocycles. The highest BCUT2D eigenvalue weighted by atomic mass is 16.3. The Labute approximate surface area is 158 Å². The molecule has 4 heteroatoms. The van der Waals surface area contributed by atoms with Gasteiger partial charge in [0.15, 0.2) is 0 Å². The van der Waals surface area contributed by atoms with Crippen LogP contribution in [0.1, 0.15) is 16.7 Å². The van der Waals surface area contributed by atoms with E-state index < -0.39 is 0 Å². The number of para-hydroxylation sites is 1. The third kappa shape index (κ3) is 3.10. The zero-order chi connectivity index (χ0) is 19.0. The fourth-order valence-electron chi connectivity index (χ4n) is 3.64. The minimum absolute atomic E-state index is 0.223. The molecule has 0 spiro atoms. The first-order chi connectivity index (χ1) is 13.0. The highest BCUT2D eigenvalue weighted by Crippen LogP contribution is 2.38. The van der Waals surface area contributed by atoms with E-state index in [2.05, 4.69) is 42.9 Å². The number of imidazole rings is 1. The maximum absolute atomic E-state index is 10.4. The van der Waals surface area contributed by atoms with Crippen molar-refractivity contribution in [2.75, 3.05) is 0 Å². The number of nitrogens with zero attached hydrogens (tertiary/aromatic N) is 2. The van der Waals surface area contributed by atoms with Gasteiger partial charge in [-0.25, -0.2) is 4.98 Å². The molecular formula is C23H21N3O. The van der Waals surface area contributed by atoms with Crippen LogP contribution in [0.2, 0.25) is 0 Å². The molecule has 4 rings (SSSR count). The number of hydrogen-bond donors (Lipinski definition) is 2. The van der Waals surface area contributed by atoms with E-state index >= 15 is 0 Å². The number of aryl methyl sites for hydroxylation is 3. The Kier molecular flexibility index (Phi) is 4.24. The topological polar surface area (TPSA) is 61.8 Å². The van der Waals surface area contributed by atoms with E-state index in [9.17, 15) is 5.11 Å². The van der Waals surface area contributed by atoms with Gasteiger partial charge in [-0.15, -0.1) is 0 Å². The SMILES string of the molecule is Cc1cc(C)c(-c2nc(-c3ccncc3)c(-c3ccccc3O)[nH]2)c(C)c1. The van der Waals surface area contributed by atoms with Crippen molar-refractivity contribution >= 4 is 0 Å². The summed E-state index contributed by atoms with van der Waals surface area (Å²) >= 11 is 0. The van der Waals surface area contributed by atoms with Crippen LogP contribution in [0.25, 0.3) is 33.9 Å². The first-order valence-electron chi connectivity index (χ1n) is 8.91. The monoisotopic (exact) mass is 355 g/mol. The van der Waals surface area contributed by atoms with E-state index in [0.29, 0.717) is 0 Å².